The fraction of sp³-hybridized carbons (Fsp3) is 0.304. The number of nitrogens with zero attached hydrogens (tertiary/aromatic N) is 3. The summed E-state index contributed by atoms with van der Waals surface area (Å²) in [5.41, 5.74) is 1.26. The fourth-order valence-electron chi connectivity index (χ4n) is 2.87. The van der Waals surface area contributed by atoms with Crippen molar-refractivity contribution < 1.29 is 14.3 Å². The van der Waals surface area contributed by atoms with Gasteiger partial charge in [-0.25, -0.2) is 0 Å². The van der Waals surface area contributed by atoms with Crippen LogP contribution in [0.5, 0.6) is 5.75 Å². The Hall–Kier alpha value is -2.84. The second-order valence-corrected chi connectivity index (χ2v) is 8.94. The number of thioether (sulfide) groups is 1. The van der Waals surface area contributed by atoms with Gasteiger partial charge in [0.1, 0.15) is 12.4 Å². The van der Waals surface area contributed by atoms with Crippen LogP contribution in [-0.4, -0.2) is 31.7 Å². The summed E-state index contributed by atoms with van der Waals surface area (Å²) in [5, 5.41) is 12.1. The van der Waals surface area contributed by atoms with Gasteiger partial charge < -0.3 is 14.6 Å². The maximum absolute atomic E-state index is 12.8. The van der Waals surface area contributed by atoms with E-state index >= 15 is 0 Å². The zero-order valence-corrected chi connectivity index (χ0v) is 19.7. The van der Waals surface area contributed by atoms with E-state index in [4.69, 9.17) is 16.3 Å². The molecule has 32 heavy (non-hydrogen) atoms. The van der Waals surface area contributed by atoms with E-state index in [-0.39, 0.29) is 23.5 Å². The summed E-state index contributed by atoms with van der Waals surface area (Å²) in [4.78, 5) is 24.5. The molecule has 1 N–H and O–H groups in total. The number of amides is 1. The summed E-state index contributed by atoms with van der Waals surface area (Å²) >= 11 is 7.22. The fourth-order valence-corrected chi connectivity index (χ4v) is 3.90. The van der Waals surface area contributed by atoms with E-state index in [0.717, 1.165) is 6.42 Å². The number of Topliss-reactive ketones (excluding diaryl/α,β-unsaturated/α-hetero) is 1. The van der Waals surface area contributed by atoms with Crippen molar-refractivity contribution in [2.75, 3.05) is 5.32 Å². The van der Waals surface area contributed by atoms with Crippen molar-refractivity contribution in [3.8, 4) is 5.75 Å². The first-order chi connectivity index (χ1) is 15.4. The third-order valence-corrected chi connectivity index (χ3v) is 6.07. The molecule has 168 valence electrons. The highest BCUT2D eigenvalue weighted by Gasteiger charge is 2.20. The normalized spacial score (nSPS) is 11.8. The molecular weight excluding hydrogens is 448 g/mol. The van der Waals surface area contributed by atoms with E-state index in [0.29, 0.717) is 39.4 Å². The highest BCUT2D eigenvalue weighted by molar-refractivity contribution is 8.00. The van der Waals surface area contributed by atoms with Gasteiger partial charge in [0.2, 0.25) is 5.91 Å². The van der Waals surface area contributed by atoms with Gasteiger partial charge in [-0.05, 0) is 61.9 Å². The molecule has 0 spiro atoms. The van der Waals surface area contributed by atoms with Gasteiger partial charge in [-0.2, -0.15) is 0 Å². The van der Waals surface area contributed by atoms with Crippen LogP contribution in [0.4, 0.5) is 5.69 Å². The summed E-state index contributed by atoms with van der Waals surface area (Å²) in [5.74, 6) is 1.27. The lowest BCUT2D eigenvalue weighted by atomic mass is 10.1. The second-order valence-electron chi connectivity index (χ2n) is 7.20. The SMILES string of the molecule is CCCC(=O)Nc1ccc(C(=O)C(C)Sc2nnc(COc3ccc(Cl)cc3)n2C)cc1. The Morgan fingerprint density at radius 3 is 2.47 bits per heavy atom. The van der Waals surface area contributed by atoms with Crippen molar-refractivity contribution >= 4 is 40.7 Å². The third kappa shape index (κ3) is 6.34. The van der Waals surface area contributed by atoms with E-state index in [1.54, 1.807) is 48.5 Å². The number of ketones is 1. The predicted molar refractivity (Wildman–Crippen MR) is 126 cm³/mol. The summed E-state index contributed by atoms with van der Waals surface area (Å²) in [7, 11) is 1.84. The van der Waals surface area contributed by atoms with Crippen molar-refractivity contribution in [3.63, 3.8) is 0 Å². The highest BCUT2D eigenvalue weighted by atomic mass is 35.5. The van der Waals surface area contributed by atoms with Crippen LogP contribution >= 0.6 is 23.4 Å². The maximum Gasteiger partial charge on any atom is 0.224 e. The lowest BCUT2D eigenvalue weighted by Crippen LogP contribution is -2.15. The van der Waals surface area contributed by atoms with Crippen LogP contribution in [0.1, 0.15) is 42.9 Å². The van der Waals surface area contributed by atoms with E-state index in [1.165, 1.54) is 11.8 Å². The number of aromatic nitrogens is 3. The van der Waals surface area contributed by atoms with Gasteiger partial charge in [0.05, 0.1) is 5.25 Å². The van der Waals surface area contributed by atoms with Crippen molar-refractivity contribution in [2.45, 2.75) is 43.7 Å². The summed E-state index contributed by atoms with van der Waals surface area (Å²) in [6.45, 7) is 4.04. The van der Waals surface area contributed by atoms with E-state index in [1.807, 2.05) is 25.5 Å². The monoisotopic (exact) mass is 472 g/mol. The zero-order valence-electron chi connectivity index (χ0n) is 18.2. The number of hydrogen-bond donors (Lipinski definition) is 1. The minimum Gasteiger partial charge on any atom is -0.486 e. The summed E-state index contributed by atoms with van der Waals surface area (Å²) < 4.78 is 7.54. The first-order valence-electron chi connectivity index (χ1n) is 10.2. The number of carbonyl (C=O) groups is 2. The summed E-state index contributed by atoms with van der Waals surface area (Å²) in [6.07, 6.45) is 1.26. The largest absolute Gasteiger partial charge is 0.486 e. The molecule has 0 saturated carbocycles. The minimum atomic E-state index is -0.358. The Labute approximate surface area is 196 Å². The highest BCUT2D eigenvalue weighted by Crippen LogP contribution is 2.25. The maximum atomic E-state index is 12.8. The molecule has 0 radical (unpaired) electrons. The number of anilines is 1. The van der Waals surface area contributed by atoms with Crippen LogP contribution in [0.3, 0.4) is 0 Å². The number of nitrogens with one attached hydrogen (secondary N) is 1. The van der Waals surface area contributed by atoms with Gasteiger partial charge in [0, 0.05) is 29.7 Å². The molecule has 1 heterocycles. The van der Waals surface area contributed by atoms with E-state index in [2.05, 4.69) is 15.5 Å². The smallest absolute Gasteiger partial charge is 0.224 e. The quantitative estimate of drug-likeness (QED) is 0.324. The van der Waals surface area contributed by atoms with Crippen LogP contribution < -0.4 is 10.1 Å². The second kappa shape index (κ2) is 11.2. The molecule has 9 heteroatoms. The molecule has 3 aromatic rings. The van der Waals surface area contributed by atoms with Crippen LogP contribution in [-0.2, 0) is 18.4 Å². The van der Waals surface area contributed by atoms with Crippen molar-refractivity contribution in [1.82, 2.24) is 14.8 Å². The van der Waals surface area contributed by atoms with E-state index in [9.17, 15) is 9.59 Å². The molecule has 1 unspecified atom stereocenters. The van der Waals surface area contributed by atoms with Crippen LogP contribution in [0.2, 0.25) is 5.02 Å². The minimum absolute atomic E-state index is 0.0246. The number of benzene rings is 2. The van der Waals surface area contributed by atoms with Crippen LogP contribution in [0.15, 0.2) is 53.7 Å². The van der Waals surface area contributed by atoms with Gasteiger partial charge in [-0.3, -0.25) is 9.59 Å². The number of hydrogen-bond acceptors (Lipinski definition) is 6. The Morgan fingerprint density at radius 2 is 1.81 bits per heavy atom. The van der Waals surface area contributed by atoms with Gasteiger partial charge in [0.15, 0.2) is 16.8 Å². The zero-order chi connectivity index (χ0) is 23.1. The molecule has 0 aliphatic heterocycles. The predicted octanol–water partition coefficient (Wildman–Crippen LogP) is 5.15. The van der Waals surface area contributed by atoms with Crippen LogP contribution in [0, 0.1) is 0 Å². The van der Waals surface area contributed by atoms with Gasteiger partial charge in [-0.1, -0.05) is 30.3 Å². The molecule has 7 nitrogen and oxygen atoms in total. The van der Waals surface area contributed by atoms with Crippen molar-refractivity contribution in [3.05, 3.63) is 64.9 Å². The molecular formula is C23H25ClN4O3S. The third-order valence-electron chi connectivity index (χ3n) is 4.69. The number of rotatable bonds is 10. The van der Waals surface area contributed by atoms with Gasteiger partial charge >= 0.3 is 0 Å². The number of halogens is 1. The lowest BCUT2D eigenvalue weighted by Gasteiger charge is -2.11. The molecule has 3 rings (SSSR count). The van der Waals surface area contributed by atoms with Crippen LogP contribution in [0.25, 0.3) is 0 Å². The first kappa shape index (κ1) is 23.8. The molecule has 0 bridgehead atoms. The Morgan fingerprint density at radius 1 is 1.12 bits per heavy atom. The molecule has 2 aromatic carbocycles. The van der Waals surface area contributed by atoms with Gasteiger partial charge in [-0.15, -0.1) is 10.2 Å². The molecule has 1 amide bonds. The number of ether oxygens (including phenoxy) is 1. The van der Waals surface area contributed by atoms with E-state index < -0.39 is 0 Å². The van der Waals surface area contributed by atoms with Crippen molar-refractivity contribution in [1.29, 1.82) is 0 Å². The number of carbonyl (C=O) groups excluding carboxylic acids is 2. The Kier molecular flexibility index (Phi) is 8.30. The molecule has 1 aromatic heterocycles. The molecule has 0 fully saturated rings. The molecule has 0 aliphatic carbocycles. The molecule has 1 atom stereocenters. The van der Waals surface area contributed by atoms with Crippen molar-refractivity contribution in [2.24, 2.45) is 7.05 Å². The Bertz CT molecular complexity index is 1070. The standard InChI is InChI=1S/C23H25ClN4O3S/c1-4-5-21(29)25-18-10-6-16(7-11-18)22(30)15(2)32-23-27-26-20(28(23)3)14-31-19-12-8-17(24)9-13-19/h6-13,15H,4-5,14H2,1-3H3,(H,25,29). The average Bonchev–Trinajstić information content (AvgIpc) is 3.12. The molecule has 0 aliphatic rings. The Balaban J connectivity index is 1.58. The first-order valence-corrected chi connectivity index (χ1v) is 11.5. The summed E-state index contributed by atoms with van der Waals surface area (Å²) in [6, 6.07) is 14.0. The topological polar surface area (TPSA) is 86.1 Å². The lowest BCUT2D eigenvalue weighted by molar-refractivity contribution is -0.116. The molecule has 0 saturated heterocycles. The van der Waals surface area contributed by atoms with Gasteiger partial charge in [0.25, 0.3) is 0 Å². The average molecular weight is 473 g/mol.